The Morgan fingerprint density at radius 3 is 2.45 bits per heavy atom. The van der Waals surface area contributed by atoms with Crippen molar-refractivity contribution in [3.63, 3.8) is 0 Å². The Labute approximate surface area is 184 Å². The first-order valence-electron chi connectivity index (χ1n) is 10.2. The standard InChI is InChI=1S/C24H23ClFNO4/c1-15(22(28)31-18-5-2-16(25)3-6-18)23(29)9-11-24(30,12-10-23)20-8-13-27-21-7-4-17(26)14-19(20)21/h2-8,13-15,29-30H,9-12H2,1H3/t15-,23-,24+/m0/s1. The third-order valence-electron chi connectivity index (χ3n) is 6.34. The van der Waals surface area contributed by atoms with E-state index in [1.54, 1.807) is 49.5 Å². The van der Waals surface area contributed by atoms with Gasteiger partial charge in [0.2, 0.25) is 0 Å². The summed E-state index contributed by atoms with van der Waals surface area (Å²) in [6.45, 7) is 1.62. The Morgan fingerprint density at radius 2 is 1.77 bits per heavy atom. The molecule has 0 saturated heterocycles. The van der Waals surface area contributed by atoms with Gasteiger partial charge in [0.15, 0.2) is 0 Å². The number of carbonyl (C=O) groups is 1. The van der Waals surface area contributed by atoms with Gasteiger partial charge in [0.1, 0.15) is 11.6 Å². The smallest absolute Gasteiger partial charge is 0.316 e. The highest BCUT2D eigenvalue weighted by Crippen LogP contribution is 2.46. The van der Waals surface area contributed by atoms with Crippen LogP contribution in [0.25, 0.3) is 10.9 Å². The Balaban J connectivity index is 1.51. The normalized spacial score (nSPS) is 24.7. The lowest BCUT2D eigenvalue weighted by molar-refractivity contribution is -0.157. The molecule has 31 heavy (non-hydrogen) atoms. The number of hydrogen-bond donors (Lipinski definition) is 2. The number of ether oxygens (including phenoxy) is 1. The zero-order chi connectivity index (χ0) is 22.2. The Hall–Kier alpha value is -2.54. The summed E-state index contributed by atoms with van der Waals surface area (Å²) in [6, 6.07) is 12.4. The molecule has 0 amide bonds. The van der Waals surface area contributed by atoms with E-state index in [-0.39, 0.29) is 25.7 Å². The molecular formula is C24H23ClFNO4. The predicted molar refractivity (Wildman–Crippen MR) is 115 cm³/mol. The summed E-state index contributed by atoms with van der Waals surface area (Å²) in [7, 11) is 0. The topological polar surface area (TPSA) is 79.7 Å². The number of aliphatic hydroxyl groups is 2. The lowest BCUT2D eigenvalue weighted by Crippen LogP contribution is -2.48. The van der Waals surface area contributed by atoms with Gasteiger partial charge in [-0.3, -0.25) is 9.78 Å². The third kappa shape index (κ3) is 4.28. The molecule has 0 aliphatic heterocycles. The quantitative estimate of drug-likeness (QED) is 0.449. The number of aromatic nitrogens is 1. The van der Waals surface area contributed by atoms with Crippen molar-refractivity contribution in [3.8, 4) is 5.75 Å². The highest BCUT2D eigenvalue weighted by atomic mass is 35.5. The zero-order valence-electron chi connectivity index (χ0n) is 17.0. The number of esters is 1. The van der Waals surface area contributed by atoms with E-state index in [9.17, 15) is 19.4 Å². The highest BCUT2D eigenvalue weighted by molar-refractivity contribution is 6.30. The van der Waals surface area contributed by atoms with E-state index >= 15 is 0 Å². The summed E-state index contributed by atoms with van der Waals surface area (Å²) in [5.41, 5.74) is -1.39. The maximum absolute atomic E-state index is 13.8. The second-order valence-corrected chi connectivity index (χ2v) is 8.69. The average Bonchev–Trinajstić information content (AvgIpc) is 2.76. The number of nitrogens with zero attached hydrogens (tertiary/aromatic N) is 1. The monoisotopic (exact) mass is 443 g/mol. The van der Waals surface area contributed by atoms with Gasteiger partial charge < -0.3 is 14.9 Å². The molecule has 0 radical (unpaired) electrons. The van der Waals surface area contributed by atoms with Gasteiger partial charge in [-0.2, -0.15) is 0 Å². The summed E-state index contributed by atoms with van der Waals surface area (Å²) in [5, 5.41) is 23.6. The van der Waals surface area contributed by atoms with Gasteiger partial charge in [0.05, 0.1) is 22.6 Å². The molecule has 1 atom stereocenters. The molecule has 0 bridgehead atoms. The summed E-state index contributed by atoms with van der Waals surface area (Å²) in [6.07, 6.45) is 2.41. The number of rotatable bonds is 4. The largest absolute Gasteiger partial charge is 0.426 e. The maximum atomic E-state index is 13.8. The summed E-state index contributed by atoms with van der Waals surface area (Å²) in [5.74, 6) is -1.40. The molecule has 3 aromatic rings. The minimum atomic E-state index is -1.32. The van der Waals surface area contributed by atoms with Crippen LogP contribution in [0.5, 0.6) is 5.75 Å². The van der Waals surface area contributed by atoms with Gasteiger partial charge in [-0.15, -0.1) is 0 Å². The van der Waals surface area contributed by atoms with Gasteiger partial charge in [-0.1, -0.05) is 11.6 Å². The molecular weight excluding hydrogens is 421 g/mol. The van der Waals surface area contributed by atoms with Crippen molar-refractivity contribution in [1.82, 2.24) is 4.98 Å². The van der Waals surface area contributed by atoms with Crippen LogP contribution in [0.3, 0.4) is 0 Å². The number of halogens is 2. The van der Waals surface area contributed by atoms with Crippen LogP contribution in [-0.2, 0) is 10.4 Å². The third-order valence-corrected chi connectivity index (χ3v) is 6.59. The zero-order valence-corrected chi connectivity index (χ0v) is 17.8. The maximum Gasteiger partial charge on any atom is 0.316 e. The molecule has 1 aliphatic carbocycles. The van der Waals surface area contributed by atoms with E-state index in [1.807, 2.05) is 0 Å². The molecule has 1 heterocycles. The Morgan fingerprint density at radius 1 is 1.10 bits per heavy atom. The van der Waals surface area contributed by atoms with E-state index < -0.39 is 28.9 Å². The van der Waals surface area contributed by atoms with Crippen LogP contribution in [0.15, 0.2) is 54.7 Å². The van der Waals surface area contributed by atoms with Gasteiger partial charge in [0.25, 0.3) is 0 Å². The molecule has 2 N–H and O–H groups in total. The molecule has 2 aromatic carbocycles. The van der Waals surface area contributed by atoms with Crippen molar-refractivity contribution < 1.29 is 24.1 Å². The minimum absolute atomic E-state index is 0.194. The highest BCUT2D eigenvalue weighted by Gasteiger charge is 2.47. The molecule has 162 valence electrons. The number of hydrogen-bond acceptors (Lipinski definition) is 5. The van der Waals surface area contributed by atoms with Crippen LogP contribution in [0.4, 0.5) is 4.39 Å². The lowest BCUT2D eigenvalue weighted by atomic mass is 9.68. The molecule has 1 fully saturated rings. The van der Waals surface area contributed by atoms with Gasteiger partial charge >= 0.3 is 5.97 Å². The lowest BCUT2D eigenvalue weighted by Gasteiger charge is -2.43. The van der Waals surface area contributed by atoms with Crippen molar-refractivity contribution in [2.24, 2.45) is 5.92 Å². The molecule has 0 spiro atoms. The van der Waals surface area contributed by atoms with E-state index in [1.165, 1.54) is 12.1 Å². The molecule has 0 unspecified atom stereocenters. The molecule has 1 aromatic heterocycles. The van der Waals surface area contributed by atoms with E-state index in [2.05, 4.69) is 4.98 Å². The number of carbonyl (C=O) groups excluding carboxylic acids is 1. The summed E-state index contributed by atoms with van der Waals surface area (Å²) in [4.78, 5) is 16.9. The van der Waals surface area contributed by atoms with Crippen LogP contribution in [0.2, 0.25) is 5.02 Å². The number of benzene rings is 2. The van der Waals surface area contributed by atoms with Gasteiger partial charge in [0, 0.05) is 16.6 Å². The second kappa shape index (κ2) is 8.19. The van der Waals surface area contributed by atoms with Crippen molar-refractivity contribution in [2.45, 2.75) is 43.8 Å². The van der Waals surface area contributed by atoms with Crippen molar-refractivity contribution in [1.29, 1.82) is 0 Å². The van der Waals surface area contributed by atoms with Gasteiger partial charge in [-0.25, -0.2) is 4.39 Å². The van der Waals surface area contributed by atoms with E-state index in [0.29, 0.717) is 27.2 Å². The fourth-order valence-electron chi connectivity index (χ4n) is 4.25. The van der Waals surface area contributed by atoms with Crippen LogP contribution in [0.1, 0.15) is 38.2 Å². The van der Waals surface area contributed by atoms with Crippen molar-refractivity contribution >= 4 is 28.5 Å². The minimum Gasteiger partial charge on any atom is -0.426 e. The first-order chi connectivity index (χ1) is 14.7. The fraction of sp³-hybridized carbons (Fsp3) is 0.333. The molecule has 1 aliphatic rings. The Bertz CT molecular complexity index is 1110. The first kappa shape index (κ1) is 21.7. The molecule has 7 heteroatoms. The van der Waals surface area contributed by atoms with Crippen LogP contribution in [0, 0.1) is 11.7 Å². The number of pyridine rings is 1. The van der Waals surface area contributed by atoms with E-state index in [4.69, 9.17) is 16.3 Å². The first-order valence-corrected chi connectivity index (χ1v) is 10.5. The summed E-state index contributed by atoms with van der Waals surface area (Å²) >= 11 is 5.85. The van der Waals surface area contributed by atoms with Gasteiger partial charge in [-0.05, 0) is 86.7 Å². The van der Waals surface area contributed by atoms with Crippen molar-refractivity contribution in [2.75, 3.05) is 0 Å². The molecule has 4 rings (SSSR count). The van der Waals surface area contributed by atoms with Crippen LogP contribution in [-0.4, -0.2) is 26.8 Å². The Kier molecular flexibility index (Phi) is 5.73. The SMILES string of the molecule is C[C@@H](C(=O)Oc1ccc(Cl)cc1)[C@]1(O)CC[C@](O)(c2ccnc3ccc(F)cc32)CC1. The number of fused-ring (bicyclic) bond motifs is 1. The van der Waals surface area contributed by atoms with Crippen molar-refractivity contribution in [3.05, 3.63) is 71.1 Å². The predicted octanol–water partition coefficient (Wildman–Crippen LogP) is 4.76. The summed E-state index contributed by atoms with van der Waals surface area (Å²) < 4.78 is 19.2. The fourth-order valence-corrected chi connectivity index (χ4v) is 4.38. The second-order valence-electron chi connectivity index (χ2n) is 8.25. The molecule has 5 nitrogen and oxygen atoms in total. The van der Waals surface area contributed by atoms with E-state index in [0.717, 1.165) is 0 Å². The average molecular weight is 444 g/mol. The van der Waals surface area contributed by atoms with Crippen LogP contribution < -0.4 is 4.74 Å². The van der Waals surface area contributed by atoms with Crippen LogP contribution >= 0.6 is 11.6 Å². The molecule has 1 saturated carbocycles.